The molecule has 0 N–H and O–H groups in total. The standard InChI is InChI=1S/C14H11OP/c15-16-14(13-9-5-2-6-10-13)11-12-7-3-1-4-8-12/h1-11H. The maximum Gasteiger partial charge on any atom is 0.192 e. The Morgan fingerprint density at radius 2 is 1.44 bits per heavy atom. The average Bonchev–Trinajstić information content (AvgIpc) is 2.38. The Bertz CT molecular complexity index is 489. The number of rotatable bonds is 3. The lowest BCUT2D eigenvalue weighted by Gasteiger charge is -1.99. The predicted octanol–water partition coefficient (Wildman–Crippen LogP) is 4.48. The zero-order chi connectivity index (χ0) is 11.2. The van der Waals surface area contributed by atoms with Gasteiger partial charge in [0.1, 0.15) is 0 Å². The summed E-state index contributed by atoms with van der Waals surface area (Å²) in [6, 6.07) is 19.6. The highest BCUT2D eigenvalue weighted by Gasteiger charge is 2.00. The van der Waals surface area contributed by atoms with Gasteiger partial charge in [-0.2, -0.15) is 0 Å². The summed E-state index contributed by atoms with van der Waals surface area (Å²) in [7, 11) is 0.0460. The molecular weight excluding hydrogens is 215 g/mol. The molecule has 16 heavy (non-hydrogen) atoms. The molecule has 0 amide bonds. The average molecular weight is 226 g/mol. The summed E-state index contributed by atoms with van der Waals surface area (Å²) in [5, 5.41) is 0.798. The summed E-state index contributed by atoms with van der Waals surface area (Å²) in [5.41, 5.74) is 2.05. The Hall–Kier alpha value is -1.72. The van der Waals surface area contributed by atoms with Crippen molar-refractivity contribution in [1.29, 1.82) is 0 Å². The molecule has 0 fully saturated rings. The molecule has 2 aromatic rings. The molecule has 0 aromatic heterocycles. The quantitative estimate of drug-likeness (QED) is 0.557. The molecule has 0 heterocycles. The fourth-order valence-corrected chi connectivity index (χ4v) is 1.93. The highest BCUT2D eigenvalue weighted by molar-refractivity contribution is 7.38. The Morgan fingerprint density at radius 3 is 2.00 bits per heavy atom. The normalized spacial score (nSPS) is 11.6. The van der Waals surface area contributed by atoms with E-state index in [1.54, 1.807) is 0 Å². The topological polar surface area (TPSA) is 17.1 Å². The molecule has 0 saturated carbocycles. The molecule has 2 heteroatoms. The second kappa shape index (κ2) is 5.39. The predicted molar refractivity (Wildman–Crippen MR) is 68.4 cm³/mol. The van der Waals surface area contributed by atoms with Crippen LogP contribution in [0.3, 0.4) is 0 Å². The minimum atomic E-state index is 0.0460. The van der Waals surface area contributed by atoms with Gasteiger partial charge in [0.25, 0.3) is 0 Å². The van der Waals surface area contributed by atoms with E-state index in [2.05, 4.69) is 0 Å². The Labute approximate surface area is 96.6 Å². The first-order valence-corrected chi connectivity index (χ1v) is 5.87. The fourth-order valence-electron chi connectivity index (χ4n) is 1.48. The van der Waals surface area contributed by atoms with Crippen molar-refractivity contribution in [3.63, 3.8) is 0 Å². The van der Waals surface area contributed by atoms with E-state index in [9.17, 15) is 4.57 Å². The lowest BCUT2D eigenvalue weighted by atomic mass is 10.1. The maximum absolute atomic E-state index is 11.1. The Balaban J connectivity index is 2.38. The lowest BCUT2D eigenvalue weighted by Crippen LogP contribution is -1.76. The zero-order valence-corrected chi connectivity index (χ0v) is 9.60. The van der Waals surface area contributed by atoms with Crippen molar-refractivity contribution in [3.8, 4) is 0 Å². The molecular formula is C14H11OP. The van der Waals surface area contributed by atoms with Crippen LogP contribution in [0.1, 0.15) is 11.1 Å². The van der Waals surface area contributed by atoms with Crippen molar-refractivity contribution in [3.05, 3.63) is 71.8 Å². The molecule has 1 nitrogen and oxygen atoms in total. The van der Waals surface area contributed by atoms with E-state index in [1.807, 2.05) is 66.7 Å². The van der Waals surface area contributed by atoms with Gasteiger partial charge in [0.2, 0.25) is 0 Å². The van der Waals surface area contributed by atoms with Crippen LogP contribution in [0.15, 0.2) is 60.7 Å². The van der Waals surface area contributed by atoms with Gasteiger partial charge >= 0.3 is 0 Å². The molecule has 0 aliphatic carbocycles. The summed E-state index contributed by atoms with van der Waals surface area (Å²) < 4.78 is 11.1. The van der Waals surface area contributed by atoms with E-state index in [1.165, 1.54) is 0 Å². The van der Waals surface area contributed by atoms with Gasteiger partial charge in [0.15, 0.2) is 8.46 Å². The summed E-state index contributed by atoms with van der Waals surface area (Å²) in [4.78, 5) is 0. The van der Waals surface area contributed by atoms with Gasteiger partial charge in [-0.25, -0.2) is 0 Å². The van der Waals surface area contributed by atoms with Crippen LogP contribution in [0.5, 0.6) is 0 Å². The lowest BCUT2D eigenvalue weighted by molar-refractivity contribution is 0.603. The first kappa shape index (κ1) is 10.8. The van der Waals surface area contributed by atoms with E-state index >= 15 is 0 Å². The van der Waals surface area contributed by atoms with Crippen molar-refractivity contribution in [2.45, 2.75) is 0 Å². The summed E-state index contributed by atoms with van der Waals surface area (Å²) in [6.45, 7) is 0. The van der Waals surface area contributed by atoms with E-state index in [4.69, 9.17) is 0 Å². The maximum atomic E-state index is 11.1. The first-order valence-electron chi connectivity index (χ1n) is 5.05. The van der Waals surface area contributed by atoms with Gasteiger partial charge in [0, 0.05) is 0 Å². The zero-order valence-electron chi connectivity index (χ0n) is 8.71. The van der Waals surface area contributed by atoms with Crippen LogP contribution < -0.4 is 0 Å². The van der Waals surface area contributed by atoms with Crippen molar-refractivity contribution < 1.29 is 4.57 Å². The smallest absolute Gasteiger partial charge is 0.192 e. The summed E-state index contributed by atoms with van der Waals surface area (Å²) in [6.07, 6.45) is 1.93. The minimum Gasteiger partial charge on any atom is -0.269 e. The van der Waals surface area contributed by atoms with Crippen molar-refractivity contribution in [2.24, 2.45) is 0 Å². The third-order valence-electron chi connectivity index (χ3n) is 2.27. The molecule has 0 unspecified atom stereocenters. The van der Waals surface area contributed by atoms with Gasteiger partial charge in [-0.05, 0) is 17.2 Å². The van der Waals surface area contributed by atoms with Crippen LogP contribution in [0.2, 0.25) is 0 Å². The highest BCUT2D eigenvalue weighted by Crippen LogP contribution is 2.27. The van der Waals surface area contributed by atoms with Gasteiger partial charge in [-0.15, -0.1) is 0 Å². The van der Waals surface area contributed by atoms with Crippen molar-refractivity contribution in [2.75, 3.05) is 0 Å². The highest BCUT2D eigenvalue weighted by atomic mass is 31.1. The van der Waals surface area contributed by atoms with Crippen LogP contribution in [0.4, 0.5) is 0 Å². The Kier molecular flexibility index (Phi) is 3.63. The van der Waals surface area contributed by atoms with Crippen LogP contribution in [0, 0.1) is 0 Å². The van der Waals surface area contributed by atoms with Gasteiger partial charge in [0.05, 0.1) is 5.31 Å². The summed E-state index contributed by atoms with van der Waals surface area (Å²) in [5.74, 6) is 0. The second-order valence-corrected chi connectivity index (χ2v) is 4.06. The van der Waals surface area contributed by atoms with E-state index in [0.29, 0.717) is 0 Å². The molecule has 0 radical (unpaired) electrons. The van der Waals surface area contributed by atoms with Gasteiger partial charge in [-0.1, -0.05) is 60.7 Å². The van der Waals surface area contributed by atoms with Gasteiger partial charge in [-0.3, -0.25) is 4.57 Å². The van der Waals surface area contributed by atoms with E-state index in [-0.39, 0.29) is 8.46 Å². The number of hydrogen-bond acceptors (Lipinski definition) is 1. The van der Waals surface area contributed by atoms with Crippen LogP contribution >= 0.6 is 8.46 Å². The molecule has 0 aliphatic rings. The van der Waals surface area contributed by atoms with Crippen LogP contribution in [-0.4, -0.2) is 0 Å². The third kappa shape index (κ3) is 2.65. The van der Waals surface area contributed by atoms with E-state index < -0.39 is 0 Å². The van der Waals surface area contributed by atoms with Gasteiger partial charge < -0.3 is 0 Å². The monoisotopic (exact) mass is 226 g/mol. The van der Waals surface area contributed by atoms with Crippen molar-refractivity contribution >= 4 is 19.9 Å². The summed E-state index contributed by atoms with van der Waals surface area (Å²) >= 11 is 0. The molecule has 0 aliphatic heterocycles. The number of hydrogen-bond donors (Lipinski definition) is 0. The Morgan fingerprint density at radius 1 is 0.875 bits per heavy atom. The molecule has 0 bridgehead atoms. The minimum absolute atomic E-state index is 0.0460. The van der Waals surface area contributed by atoms with Crippen molar-refractivity contribution in [1.82, 2.24) is 0 Å². The second-order valence-electron chi connectivity index (χ2n) is 3.40. The van der Waals surface area contributed by atoms with Crippen LogP contribution in [-0.2, 0) is 4.57 Å². The molecule has 2 aromatic carbocycles. The molecule has 0 atom stereocenters. The molecule has 0 spiro atoms. The third-order valence-corrected chi connectivity index (χ3v) is 2.85. The first-order chi connectivity index (χ1) is 7.90. The fraction of sp³-hybridized carbons (Fsp3) is 0. The van der Waals surface area contributed by atoms with E-state index in [0.717, 1.165) is 16.4 Å². The molecule has 0 saturated heterocycles. The van der Waals surface area contributed by atoms with Crippen LogP contribution in [0.25, 0.3) is 11.4 Å². The molecule has 78 valence electrons. The molecule has 2 rings (SSSR count). The number of benzene rings is 2. The largest absolute Gasteiger partial charge is 0.269 e. The SMILES string of the molecule is O=PC(=Cc1ccccc1)c1ccccc1.